The van der Waals surface area contributed by atoms with Gasteiger partial charge in [-0.15, -0.1) is 0 Å². The van der Waals surface area contributed by atoms with Crippen LogP contribution in [0, 0.1) is 0 Å². The average molecular weight is 209 g/mol. The van der Waals surface area contributed by atoms with Crippen LogP contribution >= 0.6 is 0 Å². The second-order valence-corrected chi connectivity index (χ2v) is 4.04. The molecule has 4 nitrogen and oxygen atoms in total. The molecular formula is C11H19N3O. The van der Waals surface area contributed by atoms with E-state index in [1.165, 1.54) is 18.5 Å². The van der Waals surface area contributed by atoms with E-state index in [4.69, 9.17) is 0 Å². The van der Waals surface area contributed by atoms with Crippen molar-refractivity contribution >= 4 is 0 Å². The van der Waals surface area contributed by atoms with Gasteiger partial charge in [0.1, 0.15) is 5.82 Å². The highest BCUT2D eigenvalue weighted by Gasteiger charge is 2.18. The molecule has 2 heterocycles. The van der Waals surface area contributed by atoms with E-state index in [0.29, 0.717) is 0 Å². The molecule has 0 fully saturated rings. The van der Waals surface area contributed by atoms with Crippen molar-refractivity contribution in [1.82, 2.24) is 14.9 Å². The van der Waals surface area contributed by atoms with Crippen molar-refractivity contribution in [1.29, 1.82) is 0 Å². The van der Waals surface area contributed by atoms with Crippen LogP contribution < -0.4 is 5.32 Å². The maximum Gasteiger partial charge on any atom is 0.110 e. The zero-order chi connectivity index (χ0) is 10.7. The van der Waals surface area contributed by atoms with Gasteiger partial charge in [-0.05, 0) is 26.3 Å². The molecule has 0 unspecified atom stereocenters. The van der Waals surface area contributed by atoms with Crippen LogP contribution in [0.3, 0.4) is 0 Å². The summed E-state index contributed by atoms with van der Waals surface area (Å²) in [7, 11) is 1.95. The number of aliphatic hydroxyl groups is 1. The first-order valence-corrected chi connectivity index (χ1v) is 5.69. The topological polar surface area (TPSA) is 50.1 Å². The summed E-state index contributed by atoms with van der Waals surface area (Å²) in [5, 5.41) is 12.4. The Kier molecular flexibility index (Phi) is 3.38. The van der Waals surface area contributed by atoms with Gasteiger partial charge in [0.2, 0.25) is 0 Å². The lowest BCUT2D eigenvalue weighted by atomic mass is 10.1. The minimum absolute atomic E-state index is 0.0783. The minimum atomic E-state index is 0.0783. The van der Waals surface area contributed by atoms with Gasteiger partial charge in [-0.2, -0.15) is 0 Å². The van der Waals surface area contributed by atoms with E-state index in [1.807, 2.05) is 7.05 Å². The minimum Gasteiger partial charge on any atom is -0.390 e. The predicted octanol–water partition coefficient (Wildman–Crippen LogP) is 0.474. The number of fused-ring (bicyclic) bond motifs is 1. The Bertz CT molecular complexity index is 333. The number of nitrogens with one attached hydrogen (secondary N) is 1. The number of aromatic nitrogens is 2. The first kappa shape index (κ1) is 10.6. The van der Waals surface area contributed by atoms with Gasteiger partial charge in [0, 0.05) is 25.2 Å². The van der Waals surface area contributed by atoms with Gasteiger partial charge in [-0.3, -0.25) is 0 Å². The zero-order valence-corrected chi connectivity index (χ0v) is 9.29. The van der Waals surface area contributed by atoms with Crippen molar-refractivity contribution in [3.05, 3.63) is 17.2 Å². The van der Waals surface area contributed by atoms with Gasteiger partial charge in [0.25, 0.3) is 0 Å². The third kappa shape index (κ3) is 2.06. The lowest BCUT2D eigenvalue weighted by molar-refractivity contribution is 0.275. The Morgan fingerprint density at radius 1 is 1.47 bits per heavy atom. The van der Waals surface area contributed by atoms with Gasteiger partial charge in [0.15, 0.2) is 0 Å². The smallest absolute Gasteiger partial charge is 0.110 e. The van der Waals surface area contributed by atoms with Crippen LogP contribution in [0.2, 0.25) is 0 Å². The number of hydrogen-bond acceptors (Lipinski definition) is 3. The fourth-order valence-corrected chi connectivity index (χ4v) is 2.25. The van der Waals surface area contributed by atoms with Crippen LogP contribution in [0.5, 0.6) is 0 Å². The number of rotatable bonds is 4. The normalized spacial score (nSPS) is 15.3. The van der Waals surface area contributed by atoms with Crippen molar-refractivity contribution < 1.29 is 5.11 Å². The van der Waals surface area contributed by atoms with Crippen molar-refractivity contribution in [3.63, 3.8) is 0 Å². The molecule has 0 aromatic carbocycles. The molecule has 15 heavy (non-hydrogen) atoms. The van der Waals surface area contributed by atoms with Crippen LogP contribution in [-0.2, 0) is 26.0 Å². The summed E-state index contributed by atoms with van der Waals surface area (Å²) in [6.07, 6.45) is 4.48. The van der Waals surface area contributed by atoms with Crippen LogP contribution in [0.4, 0.5) is 0 Å². The first-order valence-electron chi connectivity index (χ1n) is 5.69. The SMILES string of the molecule is CNCCc1nc(CO)c2n1CCCC2. The molecule has 84 valence electrons. The summed E-state index contributed by atoms with van der Waals surface area (Å²) in [5.74, 6) is 1.13. The van der Waals surface area contributed by atoms with Gasteiger partial charge in [-0.25, -0.2) is 4.98 Å². The van der Waals surface area contributed by atoms with Crippen molar-refractivity contribution in [2.45, 2.75) is 38.8 Å². The number of hydrogen-bond donors (Lipinski definition) is 2. The van der Waals surface area contributed by atoms with Crippen molar-refractivity contribution in [3.8, 4) is 0 Å². The molecule has 0 saturated carbocycles. The lowest BCUT2D eigenvalue weighted by Crippen LogP contribution is -2.17. The Hall–Kier alpha value is -0.870. The molecule has 1 aliphatic heterocycles. The van der Waals surface area contributed by atoms with Crippen LogP contribution in [0.1, 0.15) is 30.1 Å². The third-order valence-electron chi connectivity index (χ3n) is 3.03. The van der Waals surface area contributed by atoms with E-state index in [-0.39, 0.29) is 6.61 Å². The molecule has 0 radical (unpaired) electrons. The largest absolute Gasteiger partial charge is 0.390 e. The molecule has 4 heteroatoms. The van der Waals surface area contributed by atoms with Crippen LogP contribution in [0.15, 0.2) is 0 Å². The molecular weight excluding hydrogens is 190 g/mol. The molecule has 0 saturated heterocycles. The van der Waals surface area contributed by atoms with Crippen LogP contribution in [-0.4, -0.2) is 28.3 Å². The maximum atomic E-state index is 9.24. The van der Waals surface area contributed by atoms with E-state index < -0.39 is 0 Å². The summed E-state index contributed by atoms with van der Waals surface area (Å²) in [6.45, 7) is 2.09. The molecule has 0 amide bonds. The zero-order valence-electron chi connectivity index (χ0n) is 9.29. The number of aliphatic hydroxyl groups excluding tert-OH is 1. The molecule has 1 aromatic rings. The maximum absolute atomic E-state index is 9.24. The first-order chi connectivity index (χ1) is 7.36. The summed E-state index contributed by atoms with van der Waals surface area (Å²) < 4.78 is 2.30. The third-order valence-corrected chi connectivity index (χ3v) is 3.03. The predicted molar refractivity (Wildman–Crippen MR) is 58.7 cm³/mol. The van der Waals surface area contributed by atoms with E-state index in [1.54, 1.807) is 0 Å². The summed E-state index contributed by atoms with van der Waals surface area (Å²) in [6, 6.07) is 0. The number of likely N-dealkylation sites (N-methyl/N-ethyl adjacent to an activating group) is 1. The fourth-order valence-electron chi connectivity index (χ4n) is 2.25. The van der Waals surface area contributed by atoms with E-state index in [0.717, 1.165) is 37.4 Å². The Morgan fingerprint density at radius 3 is 3.07 bits per heavy atom. The Morgan fingerprint density at radius 2 is 2.33 bits per heavy atom. The summed E-state index contributed by atoms with van der Waals surface area (Å²) in [5.41, 5.74) is 2.15. The second-order valence-electron chi connectivity index (χ2n) is 4.04. The van der Waals surface area contributed by atoms with Gasteiger partial charge in [-0.1, -0.05) is 0 Å². The average Bonchev–Trinajstić information content (AvgIpc) is 2.65. The molecule has 0 atom stereocenters. The highest BCUT2D eigenvalue weighted by molar-refractivity contribution is 5.18. The van der Waals surface area contributed by atoms with E-state index >= 15 is 0 Å². The molecule has 0 bridgehead atoms. The highest BCUT2D eigenvalue weighted by Crippen LogP contribution is 2.21. The van der Waals surface area contributed by atoms with Gasteiger partial charge >= 0.3 is 0 Å². The van der Waals surface area contributed by atoms with Gasteiger partial charge in [0.05, 0.1) is 12.3 Å². The molecule has 1 aromatic heterocycles. The molecule has 0 spiro atoms. The molecule has 0 aliphatic carbocycles. The van der Waals surface area contributed by atoms with Crippen molar-refractivity contribution in [2.24, 2.45) is 0 Å². The lowest BCUT2D eigenvalue weighted by Gasteiger charge is -2.17. The number of nitrogens with zero attached hydrogens (tertiary/aromatic N) is 2. The van der Waals surface area contributed by atoms with E-state index in [9.17, 15) is 5.11 Å². The Labute approximate surface area is 90.3 Å². The highest BCUT2D eigenvalue weighted by atomic mass is 16.3. The molecule has 2 N–H and O–H groups in total. The van der Waals surface area contributed by atoms with Crippen molar-refractivity contribution in [2.75, 3.05) is 13.6 Å². The standard InChI is InChI=1S/C11H19N3O/c1-12-6-5-11-13-9(8-15)10-4-2-3-7-14(10)11/h12,15H,2-8H2,1H3. The number of imidazole rings is 1. The van der Waals surface area contributed by atoms with Gasteiger partial charge < -0.3 is 15.0 Å². The second kappa shape index (κ2) is 4.77. The molecule has 1 aliphatic rings. The Balaban J connectivity index is 2.25. The van der Waals surface area contributed by atoms with E-state index in [2.05, 4.69) is 14.9 Å². The monoisotopic (exact) mass is 209 g/mol. The quantitative estimate of drug-likeness (QED) is 0.758. The van der Waals surface area contributed by atoms with Crippen LogP contribution in [0.25, 0.3) is 0 Å². The molecule has 2 rings (SSSR count). The summed E-state index contributed by atoms with van der Waals surface area (Å²) in [4.78, 5) is 4.52. The fraction of sp³-hybridized carbons (Fsp3) is 0.727. The summed E-state index contributed by atoms with van der Waals surface area (Å²) >= 11 is 0.